The number of aliphatic hydroxyl groups excluding tert-OH is 1. The van der Waals surface area contributed by atoms with Gasteiger partial charge in [0.2, 0.25) is 0 Å². The number of aryl methyl sites for hydroxylation is 1. The van der Waals surface area contributed by atoms with E-state index in [4.69, 9.17) is 0 Å². The number of nitrogens with zero attached hydrogens (tertiary/aromatic N) is 3. The van der Waals surface area contributed by atoms with Crippen LogP contribution in [0.1, 0.15) is 30.7 Å². The van der Waals surface area contributed by atoms with Crippen molar-refractivity contribution in [1.29, 1.82) is 0 Å². The second-order valence-electron chi connectivity index (χ2n) is 5.53. The van der Waals surface area contributed by atoms with Crippen LogP contribution in [0, 0.1) is 5.92 Å². The largest absolute Gasteiger partial charge is 0.395 e. The van der Waals surface area contributed by atoms with E-state index >= 15 is 0 Å². The first-order chi connectivity index (χ1) is 9.74. The Morgan fingerprint density at radius 3 is 3.05 bits per heavy atom. The zero-order valence-corrected chi connectivity index (χ0v) is 12.9. The lowest BCUT2D eigenvalue weighted by molar-refractivity contribution is 0.302. The molecule has 4 nitrogen and oxygen atoms in total. The van der Waals surface area contributed by atoms with E-state index in [0.29, 0.717) is 6.54 Å². The fourth-order valence-electron chi connectivity index (χ4n) is 3.03. The van der Waals surface area contributed by atoms with E-state index in [2.05, 4.69) is 28.7 Å². The molecule has 0 bridgehead atoms. The predicted octanol–water partition coefficient (Wildman–Crippen LogP) is 2.63. The van der Waals surface area contributed by atoms with Crippen LogP contribution in [0.3, 0.4) is 0 Å². The number of hydrogen-bond donors (Lipinski definition) is 1. The molecule has 0 saturated carbocycles. The summed E-state index contributed by atoms with van der Waals surface area (Å²) in [5.41, 5.74) is 1.45. The highest BCUT2D eigenvalue weighted by Crippen LogP contribution is 2.40. The molecule has 1 aliphatic rings. The van der Waals surface area contributed by atoms with Gasteiger partial charge in [-0.2, -0.15) is 0 Å². The lowest BCUT2D eigenvalue weighted by Crippen LogP contribution is -2.27. The standard InChI is InChI=1S/C15H21N3OS/c1-3-18(6-7-19)14-13-11-5-4-10(2)8-12(11)20-15(13)17-9-16-14/h9-10,19H,3-8H2,1-2H3/t10-/m0/s1. The van der Waals surface area contributed by atoms with Gasteiger partial charge in [-0.1, -0.05) is 6.92 Å². The van der Waals surface area contributed by atoms with Crippen molar-refractivity contribution >= 4 is 27.4 Å². The summed E-state index contributed by atoms with van der Waals surface area (Å²) in [5, 5.41) is 10.5. The van der Waals surface area contributed by atoms with E-state index in [0.717, 1.165) is 29.5 Å². The Hall–Kier alpha value is -1.20. The van der Waals surface area contributed by atoms with Crippen molar-refractivity contribution in [2.75, 3.05) is 24.6 Å². The van der Waals surface area contributed by atoms with Crippen molar-refractivity contribution in [3.63, 3.8) is 0 Å². The summed E-state index contributed by atoms with van der Waals surface area (Å²) in [6, 6.07) is 0. The average Bonchev–Trinajstić information content (AvgIpc) is 2.82. The van der Waals surface area contributed by atoms with Gasteiger partial charge in [-0.3, -0.25) is 0 Å². The van der Waals surface area contributed by atoms with Crippen LogP contribution in [-0.4, -0.2) is 34.8 Å². The highest BCUT2D eigenvalue weighted by Gasteiger charge is 2.24. The Kier molecular flexibility index (Phi) is 3.89. The summed E-state index contributed by atoms with van der Waals surface area (Å²) in [6.45, 7) is 6.06. The van der Waals surface area contributed by atoms with Crippen LogP contribution in [0.15, 0.2) is 6.33 Å². The Bertz CT molecular complexity index is 610. The van der Waals surface area contributed by atoms with E-state index in [1.807, 2.05) is 11.3 Å². The number of aliphatic hydroxyl groups is 1. The molecule has 2 aromatic heterocycles. The first kappa shape index (κ1) is 13.8. The molecule has 2 aromatic rings. The van der Waals surface area contributed by atoms with Crippen LogP contribution in [0.2, 0.25) is 0 Å². The number of likely N-dealkylation sites (N-methyl/N-ethyl adjacent to an activating group) is 1. The molecule has 0 aliphatic heterocycles. The van der Waals surface area contributed by atoms with Crippen molar-refractivity contribution in [2.24, 2.45) is 5.92 Å². The maximum absolute atomic E-state index is 9.24. The third-order valence-electron chi connectivity index (χ3n) is 4.12. The predicted molar refractivity (Wildman–Crippen MR) is 83.6 cm³/mol. The number of hydrogen-bond acceptors (Lipinski definition) is 5. The van der Waals surface area contributed by atoms with Crippen molar-refractivity contribution < 1.29 is 5.11 Å². The van der Waals surface area contributed by atoms with Crippen molar-refractivity contribution in [3.8, 4) is 0 Å². The number of aromatic nitrogens is 2. The zero-order valence-electron chi connectivity index (χ0n) is 12.1. The first-order valence-electron chi connectivity index (χ1n) is 7.35. The van der Waals surface area contributed by atoms with Gasteiger partial charge in [0.15, 0.2) is 0 Å². The Morgan fingerprint density at radius 1 is 1.45 bits per heavy atom. The second kappa shape index (κ2) is 5.66. The molecule has 2 heterocycles. The Balaban J connectivity index is 2.13. The number of thiophene rings is 1. The highest BCUT2D eigenvalue weighted by atomic mass is 32.1. The lowest BCUT2D eigenvalue weighted by atomic mass is 9.89. The molecule has 108 valence electrons. The van der Waals surface area contributed by atoms with Gasteiger partial charge in [0, 0.05) is 18.0 Å². The summed E-state index contributed by atoms with van der Waals surface area (Å²) in [4.78, 5) is 13.7. The molecular formula is C15H21N3OS. The van der Waals surface area contributed by atoms with Crippen LogP contribution >= 0.6 is 11.3 Å². The maximum Gasteiger partial charge on any atom is 0.141 e. The topological polar surface area (TPSA) is 49.2 Å². The van der Waals surface area contributed by atoms with Gasteiger partial charge in [0.1, 0.15) is 17.0 Å². The molecule has 0 saturated heterocycles. The molecule has 1 aliphatic carbocycles. The van der Waals surface area contributed by atoms with Crippen LogP contribution in [0.25, 0.3) is 10.2 Å². The van der Waals surface area contributed by atoms with Crippen LogP contribution in [-0.2, 0) is 12.8 Å². The third-order valence-corrected chi connectivity index (χ3v) is 5.29. The molecule has 1 N–H and O–H groups in total. The molecule has 0 unspecified atom stereocenters. The van der Waals surface area contributed by atoms with E-state index in [1.165, 1.54) is 28.7 Å². The third kappa shape index (κ3) is 2.29. The maximum atomic E-state index is 9.24. The summed E-state index contributed by atoms with van der Waals surface area (Å²) in [7, 11) is 0. The van der Waals surface area contributed by atoms with Gasteiger partial charge in [0.05, 0.1) is 12.0 Å². The molecule has 5 heteroatoms. The normalized spacial score (nSPS) is 18.2. The fourth-order valence-corrected chi connectivity index (χ4v) is 4.38. The molecule has 0 fully saturated rings. The minimum absolute atomic E-state index is 0.155. The molecule has 0 radical (unpaired) electrons. The molecular weight excluding hydrogens is 270 g/mol. The SMILES string of the molecule is CCN(CCO)c1ncnc2sc3c(c12)CC[C@H](C)C3. The Morgan fingerprint density at radius 2 is 2.30 bits per heavy atom. The van der Waals surface area contributed by atoms with E-state index in [9.17, 15) is 5.11 Å². The lowest BCUT2D eigenvalue weighted by Gasteiger charge is -2.23. The van der Waals surface area contributed by atoms with Crippen LogP contribution in [0.5, 0.6) is 0 Å². The smallest absolute Gasteiger partial charge is 0.141 e. The quantitative estimate of drug-likeness (QED) is 0.941. The Labute approximate surface area is 123 Å². The number of anilines is 1. The van der Waals surface area contributed by atoms with Crippen LogP contribution in [0.4, 0.5) is 5.82 Å². The molecule has 20 heavy (non-hydrogen) atoms. The first-order valence-corrected chi connectivity index (χ1v) is 8.17. The molecule has 0 amide bonds. The molecule has 3 rings (SSSR count). The monoisotopic (exact) mass is 291 g/mol. The summed E-state index contributed by atoms with van der Waals surface area (Å²) < 4.78 is 0. The van der Waals surface area contributed by atoms with Crippen molar-refractivity contribution in [2.45, 2.75) is 33.1 Å². The zero-order chi connectivity index (χ0) is 14.1. The highest BCUT2D eigenvalue weighted by molar-refractivity contribution is 7.19. The van der Waals surface area contributed by atoms with Gasteiger partial charge in [-0.25, -0.2) is 9.97 Å². The summed E-state index contributed by atoms with van der Waals surface area (Å²) in [5.74, 6) is 1.77. The van der Waals surface area contributed by atoms with Gasteiger partial charge in [-0.05, 0) is 37.7 Å². The van der Waals surface area contributed by atoms with Crippen LogP contribution < -0.4 is 4.90 Å². The summed E-state index contributed by atoms with van der Waals surface area (Å²) >= 11 is 1.82. The number of fused-ring (bicyclic) bond motifs is 3. The minimum Gasteiger partial charge on any atom is -0.395 e. The van der Waals surface area contributed by atoms with E-state index < -0.39 is 0 Å². The molecule has 1 atom stereocenters. The van der Waals surface area contributed by atoms with Gasteiger partial charge in [0.25, 0.3) is 0 Å². The molecule has 0 spiro atoms. The number of rotatable bonds is 4. The summed E-state index contributed by atoms with van der Waals surface area (Å²) in [6.07, 6.45) is 5.21. The van der Waals surface area contributed by atoms with Crippen molar-refractivity contribution in [1.82, 2.24) is 9.97 Å². The van der Waals surface area contributed by atoms with E-state index in [-0.39, 0.29) is 6.61 Å². The van der Waals surface area contributed by atoms with Gasteiger partial charge in [-0.15, -0.1) is 11.3 Å². The van der Waals surface area contributed by atoms with E-state index in [1.54, 1.807) is 6.33 Å². The molecule has 0 aromatic carbocycles. The average molecular weight is 291 g/mol. The second-order valence-corrected chi connectivity index (χ2v) is 6.62. The van der Waals surface area contributed by atoms with Crippen molar-refractivity contribution in [3.05, 3.63) is 16.8 Å². The van der Waals surface area contributed by atoms with Gasteiger partial charge < -0.3 is 10.0 Å². The fraction of sp³-hybridized carbons (Fsp3) is 0.600. The van der Waals surface area contributed by atoms with Gasteiger partial charge >= 0.3 is 0 Å². The minimum atomic E-state index is 0.155.